The molecular weight excluding hydrogens is 342 g/mol. The Kier molecular flexibility index (Phi) is 7.09. The minimum Gasteiger partial charge on any atom is -0.508 e. The van der Waals surface area contributed by atoms with E-state index in [0.717, 1.165) is 46.0 Å². The normalized spacial score (nSPS) is 12.2. The predicted octanol–water partition coefficient (Wildman–Crippen LogP) is 2.82. The van der Waals surface area contributed by atoms with Gasteiger partial charge in [0.05, 0.1) is 0 Å². The Labute approximate surface area is 159 Å². The molecule has 1 aliphatic carbocycles. The number of hydrogen-bond acceptors (Lipinski definition) is 5. The number of rotatable bonds is 6. The summed E-state index contributed by atoms with van der Waals surface area (Å²) in [5, 5.41) is 13.8. The topological polar surface area (TPSA) is 87.8 Å². The van der Waals surface area contributed by atoms with Crippen LogP contribution in [-0.2, 0) is 11.4 Å². The van der Waals surface area contributed by atoms with Gasteiger partial charge in [0.2, 0.25) is 6.41 Å². The molecule has 0 atom stereocenters. The molecule has 0 bridgehead atoms. The zero-order valence-electron chi connectivity index (χ0n) is 15.6. The lowest BCUT2D eigenvalue weighted by Crippen LogP contribution is -2.23. The number of carbonyl (C=O) groups is 1. The van der Waals surface area contributed by atoms with Gasteiger partial charge in [-0.1, -0.05) is 12.0 Å². The highest BCUT2D eigenvalue weighted by molar-refractivity contribution is 5.58. The molecule has 0 saturated heterocycles. The quantitative estimate of drug-likeness (QED) is 0.240. The Morgan fingerprint density at radius 3 is 2.67 bits per heavy atom. The highest BCUT2D eigenvalue weighted by atomic mass is 16.5. The summed E-state index contributed by atoms with van der Waals surface area (Å²) in [7, 11) is 3.34. The van der Waals surface area contributed by atoms with Crippen molar-refractivity contribution in [3.8, 4) is 23.8 Å². The molecule has 142 valence electrons. The number of nitrogens with one attached hydrogen (secondary N) is 1. The molecular formula is C21H25N3O3. The first kappa shape index (κ1) is 20.1. The van der Waals surface area contributed by atoms with Gasteiger partial charge in [0.1, 0.15) is 18.1 Å². The fraction of sp³-hybridized carbons (Fsp3) is 0.286. The van der Waals surface area contributed by atoms with E-state index >= 15 is 0 Å². The molecule has 1 fully saturated rings. The monoisotopic (exact) mass is 367 g/mol. The molecule has 0 heterocycles. The van der Waals surface area contributed by atoms with E-state index in [-0.39, 0.29) is 5.75 Å². The van der Waals surface area contributed by atoms with Crippen LogP contribution in [0.4, 0.5) is 5.69 Å². The van der Waals surface area contributed by atoms with E-state index in [9.17, 15) is 9.90 Å². The Balaban J connectivity index is 0.000000465. The Hall–Kier alpha value is -3.17. The van der Waals surface area contributed by atoms with E-state index in [0.29, 0.717) is 18.9 Å². The second-order valence-electron chi connectivity index (χ2n) is 6.28. The minimum absolute atomic E-state index is 0.286. The first-order chi connectivity index (χ1) is 13.0. The minimum atomic E-state index is 0.286. The Bertz CT molecular complexity index is 824. The van der Waals surface area contributed by atoms with E-state index in [1.165, 1.54) is 7.05 Å². The van der Waals surface area contributed by atoms with Crippen LogP contribution in [0, 0.1) is 12.3 Å². The number of phenolic OH excluding ortho intramolecular Hbond substituents is 1. The van der Waals surface area contributed by atoms with Gasteiger partial charge in [-0.15, -0.1) is 6.42 Å². The van der Waals surface area contributed by atoms with Gasteiger partial charge >= 0.3 is 0 Å². The van der Waals surface area contributed by atoms with Crippen LogP contribution in [-0.4, -0.2) is 30.6 Å². The number of aromatic hydroxyl groups is 1. The number of phenols is 1. The third-order valence-electron chi connectivity index (χ3n) is 4.15. The molecule has 1 aliphatic rings. The van der Waals surface area contributed by atoms with Crippen LogP contribution in [0.2, 0.25) is 0 Å². The van der Waals surface area contributed by atoms with Crippen LogP contribution in [0.5, 0.6) is 11.5 Å². The summed E-state index contributed by atoms with van der Waals surface area (Å²) < 4.78 is 6.02. The Morgan fingerprint density at radius 2 is 2.11 bits per heavy atom. The second kappa shape index (κ2) is 9.51. The average Bonchev–Trinajstić information content (AvgIpc) is 3.52. The lowest BCUT2D eigenvalue weighted by atomic mass is 10.1. The number of hydrazine groups is 1. The van der Waals surface area contributed by atoms with E-state index in [2.05, 4.69) is 11.2 Å². The highest BCUT2D eigenvalue weighted by Gasteiger charge is 2.27. The van der Waals surface area contributed by atoms with Crippen molar-refractivity contribution in [2.45, 2.75) is 25.4 Å². The summed E-state index contributed by atoms with van der Waals surface area (Å²) in [5.74, 6) is 9.08. The maximum absolute atomic E-state index is 9.67. The Morgan fingerprint density at radius 1 is 1.41 bits per heavy atom. The third-order valence-corrected chi connectivity index (χ3v) is 4.15. The molecule has 2 aromatic rings. The van der Waals surface area contributed by atoms with Crippen molar-refractivity contribution >= 4 is 12.1 Å². The summed E-state index contributed by atoms with van der Waals surface area (Å²) in [6, 6.07) is 11.1. The van der Waals surface area contributed by atoms with Crippen LogP contribution in [0.15, 0.2) is 36.4 Å². The van der Waals surface area contributed by atoms with Crippen molar-refractivity contribution in [3.05, 3.63) is 53.1 Å². The summed E-state index contributed by atoms with van der Waals surface area (Å²) in [6.45, 7) is 0.404. The van der Waals surface area contributed by atoms with Gasteiger partial charge in [-0.3, -0.25) is 9.80 Å². The molecule has 6 nitrogen and oxygen atoms in total. The first-order valence-corrected chi connectivity index (χ1v) is 8.65. The van der Waals surface area contributed by atoms with Crippen LogP contribution >= 0.6 is 0 Å². The predicted molar refractivity (Wildman–Crippen MR) is 106 cm³/mol. The van der Waals surface area contributed by atoms with E-state index in [4.69, 9.17) is 17.0 Å². The number of nitrogens with zero attached hydrogens (tertiary/aromatic N) is 1. The van der Waals surface area contributed by atoms with E-state index < -0.39 is 0 Å². The van der Waals surface area contributed by atoms with Crippen LogP contribution in [0.1, 0.15) is 35.4 Å². The fourth-order valence-electron chi connectivity index (χ4n) is 2.64. The number of benzene rings is 2. The van der Waals surface area contributed by atoms with Gasteiger partial charge in [-0.05, 0) is 49.1 Å². The third kappa shape index (κ3) is 5.66. The SMILES string of the molecule is C#Cc1cccc(NC)c1COc1ccc(O)cc1C1CC1.CN(N)C=O. The summed E-state index contributed by atoms with van der Waals surface area (Å²) >= 11 is 0. The number of amides is 1. The largest absolute Gasteiger partial charge is 0.508 e. The molecule has 6 heteroatoms. The fourth-order valence-corrected chi connectivity index (χ4v) is 2.64. The van der Waals surface area contributed by atoms with Crippen LogP contribution < -0.4 is 15.9 Å². The molecule has 2 aromatic carbocycles. The summed E-state index contributed by atoms with van der Waals surface area (Å²) in [4.78, 5) is 9.31. The number of nitrogens with two attached hydrogens (primary N) is 1. The van der Waals surface area contributed by atoms with E-state index in [1.54, 1.807) is 12.1 Å². The second-order valence-corrected chi connectivity index (χ2v) is 6.28. The summed E-state index contributed by atoms with van der Waals surface area (Å²) in [6.07, 6.45) is 8.42. The highest BCUT2D eigenvalue weighted by Crippen LogP contribution is 2.45. The molecule has 0 spiro atoms. The average molecular weight is 367 g/mol. The van der Waals surface area contributed by atoms with Crippen molar-refractivity contribution in [2.24, 2.45) is 5.84 Å². The lowest BCUT2D eigenvalue weighted by molar-refractivity contribution is -0.117. The molecule has 3 rings (SSSR count). The number of anilines is 1. The molecule has 4 N–H and O–H groups in total. The molecule has 27 heavy (non-hydrogen) atoms. The molecule has 0 aliphatic heterocycles. The van der Waals surface area contributed by atoms with Gasteiger partial charge in [-0.25, -0.2) is 5.84 Å². The molecule has 1 saturated carbocycles. The van der Waals surface area contributed by atoms with Crippen LogP contribution in [0.25, 0.3) is 0 Å². The van der Waals surface area contributed by atoms with Crippen molar-refractivity contribution in [1.82, 2.24) is 5.01 Å². The van der Waals surface area contributed by atoms with Crippen molar-refractivity contribution in [2.75, 3.05) is 19.4 Å². The smallest absolute Gasteiger partial charge is 0.223 e. The van der Waals surface area contributed by atoms with Crippen molar-refractivity contribution in [3.63, 3.8) is 0 Å². The molecule has 0 unspecified atom stereocenters. The zero-order chi connectivity index (χ0) is 19.8. The molecule has 1 amide bonds. The maximum Gasteiger partial charge on any atom is 0.223 e. The number of terminal acetylenes is 1. The van der Waals surface area contributed by atoms with Crippen molar-refractivity contribution < 1.29 is 14.6 Å². The van der Waals surface area contributed by atoms with Crippen LogP contribution in [0.3, 0.4) is 0 Å². The maximum atomic E-state index is 9.67. The lowest BCUT2D eigenvalue weighted by Gasteiger charge is -2.15. The van der Waals surface area contributed by atoms with Gasteiger partial charge in [0.15, 0.2) is 0 Å². The number of ether oxygens (including phenoxy) is 1. The number of hydrogen-bond donors (Lipinski definition) is 3. The molecule has 0 aromatic heterocycles. The van der Waals surface area contributed by atoms with E-state index in [1.807, 2.05) is 31.3 Å². The van der Waals surface area contributed by atoms with Gasteiger partial charge in [0.25, 0.3) is 0 Å². The zero-order valence-corrected chi connectivity index (χ0v) is 15.6. The first-order valence-electron chi connectivity index (χ1n) is 8.65. The van der Waals surface area contributed by atoms with Crippen molar-refractivity contribution in [1.29, 1.82) is 0 Å². The molecule has 0 radical (unpaired) electrons. The summed E-state index contributed by atoms with van der Waals surface area (Å²) in [5.41, 5.74) is 3.87. The van der Waals surface area contributed by atoms with Gasteiger partial charge < -0.3 is 15.2 Å². The van der Waals surface area contributed by atoms with Gasteiger partial charge in [-0.2, -0.15) is 0 Å². The standard InChI is InChI=1S/C19H19NO2.C2H6N2O/c1-3-13-5-4-6-18(20-2)17(13)12-22-19-10-9-15(21)11-16(19)14-7-8-14;1-4(3)2-5/h1,4-6,9-11,14,20-21H,7-8,12H2,2H3;2H,3H2,1H3. The number of carbonyl (C=O) groups excluding carboxylic acids is 1. The van der Waals surface area contributed by atoms with Gasteiger partial charge in [0, 0.05) is 36.5 Å².